The van der Waals surface area contributed by atoms with Gasteiger partial charge in [0.05, 0.1) is 12.6 Å². The van der Waals surface area contributed by atoms with Gasteiger partial charge in [0.25, 0.3) is 5.91 Å². The first-order valence-electron chi connectivity index (χ1n) is 5.11. The first-order valence-corrected chi connectivity index (χ1v) is 5.11. The summed E-state index contributed by atoms with van der Waals surface area (Å²) >= 11 is 0. The summed E-state index contributed by atoms with van der Waals surface area (Å²) < 4.78 is 0. The van der Waals surface area contributed by atoms with Crippen molar-refractivity contribution in [2.75, 3.05) is 14.2 Å². The zero-order chi connectivity index (χ0) is 10.8. The monoisotopic (exact) mass is 236 g/mol. The van der Waals surface area contributed by atoms with Gasteiger partial charge in [0, 0.05) is 7.05 Å². The predicted molar refractivity (Wildman–Crippen MR) is 61.6 cm³/mol. The maximum atomic E-state index is 11.8. The lowest BCUT2D eigenvalue weighted by Crippen LogP contribution is -2.55. The fourth-order valence-electron chi connectivity index (χ4n) is 1.89. The minimum atomic E-state index is -0.697. The van der Waals surface area contributed by atoms with Gasteiger partial charge in [0.2, 0.25) is 0 Å². The second-order valence-electron chi connectivity index (χ2n) is 4.32. The number of hydrogen-bond acceptors (Lipinski definition) is 3. The van der Waals surface area contributed by atoms with Gasteiger partial charge in [-0.05, 0) is 31.6 Å². The molecule has 0 heterocycles. The third-order valence-electron chi connectivity index (χ3n) is 3.15. The Kier molecular flexibility index (Phi) is 5.56. The summed E-state index contributed by atoms with van der Waals surface area (Å²) in [4.78, 5) is 16.7. The van der Waals surface area contributed by atoms with Crippen molar-refractivity contribution in [2.24, 2.45) is 11.7 Å². The van der Waals surface area contributed by atoms with Crippen molar-refractivity contribution in [2.45, 2.75) is 38.1 Å². The van der Waals surface area contributed by atoms with E-state index >= 15 is 0 Å². The molecular weight excluding hydrogens is 216 g/mol. The van der Waals surface area contributed by atoms with E-state index in [1.54, 1.807) is 7.05 Å². The van der Waals surface area contributed by atoms with E-state index in [1.165, 1.54) is 12.2 Å². The summed E-state index contributed by atoms with van der Waals surface area (Å²) in [6.07, 6.45) is 3.58. The highest BCUT2D eigenvalue weighted by Crippen LogP contribution is 2.31. The maximum absolute atomic E-state index is 11.8. The first-order chi connectivity index (χ1) is 6.49. The number of nitrogens with zero attached hydrogens (tertiary/aromatic N) is 1. The van der Waals surface area contributed by atoms with Gasteiger partial charge in [-0.2, -0.15) is 0 Å². The van der Waals surface area contributed by atoms with Gasteiger partial charge < -0.3 is 5.73 Å². The van der Waals surface area contributed by atoms with Crippen molar-refractivity contribution in [1.82, 2.24) is 5.06 Å². The Morgan fingerprint density at radius 1 is 1.47 bits per heavy atom. The first kappa shape index (κ1) is 14.7. The normalized spacial score (nSPS) is 30.5. The molecule has 1 amide bonds. The predicted octanol–water partition coefficient (Wildman–Crippen LogP) is 1.34. The Bertz CT molecular complexity index is 215. The van der Waals surface area contributed by atoms with E-state index in [2.05, 4.69) is 6.92 Å². The molecule has 0 bridgehead atoms. The minimum Gasteiger partial charge on any atom is -0.317 e. The summed E-state index contributed by atoms with van der Waals surface area (Å²) in [7, 11) is 3.09. The van der Waals surface area contributed by atoms with Crippen molar-refractivity contribution in [3.05, 3.63) is 0 Å². The molecule has 0 spiro atoms. The van der Waals surface area contributed by atoms with E-state index < -0.39 is 5.54 Å². The van der Waals surface area contributed by atoms with Gasteiger partial charge in [-0.15, -0.1) is 12.4 Å². The lowest BCUT2D eigenvalue weighted by Gasteiger charge is -2.36. The fourth-order valence-corrected chi connectivity index (χ4v) is 1.89. The Labute approximate surface area is 97.5 Å². The lowest BCUT2D eigenvalue weighted by atomic mass is 9.77. The molecule has 0 aromatic heterocycles. The molecule has 1 aliphatic carbocycles. The summed E-state index contributed by atoms with van der Waals surface area (Å²) in [6, 6.07) is 0. The van der Waals surface area contributed by atoms with Crippen molar-refractivity contribution >= 4 is 18.3 Å². The summed E-state index contributed by atoms with van der Waals surface area (Å²) in [5.41, 5.74) is 5.37. The van der Waals surface area contributed by atoms with E-state index in [9.17, 15) is 4.79 Å². The highest BCUT2D eigenvalue weighted by atomic mass is 35.5. The molecule has 1 saturated carbocycles. The molecule has 0 radical (unpaired) electrons. The van der Waals surface area contributed by atoms with Crippen LogP contribution in [0.15, 0.2) is 0 Å². The third kappa shape index (κ3) is 3.33. The molecule has 1 aliphatic rings. The molecule has 1 fully saturated rings. The zero-order valence-electron chi connectivity index (χ0n) is 9.66. The van der Waals surface area contributed by atoms with Crippen LogP contribution in [0.2, 0.25) is 0 Å². The Morgan fingerprint density at radius 2 is 1.93 bits per heavy atom. The average molecular weight is 237 g/mol. The molecule has 0 aliphatic heterocycles. The number of carbonyl (C=O) groups excluding carboxylic acids is 1. The molecule has 90 valence electrons. The number of carbonyl (C=O) groups is 1. The molecule has 0 saturated heterocycles. The number of nitrogens with two attached hydrogens (primary N) is 1. The molecular formula is C10H21ClN2O2. The topological polar surface area (TPSA) is 55.6 Å². The number of amides is 1. The van der Waals surface area contributed by atoms with Crippen LogP contribution in [0.1, 0.15) is 32.6 Å². The standard InChI is InChI=1S/C10H20N2O2.ClH/c1-8-4-6-10(11,7-5-8)9(13)12(2)14-3;/h8H,4-7,11H2,1-3H3;1H. The van der Waals surface area contributed by atoms with Gasteiger partial charge in [-0.1, -0.05) is 6.92 Å². The highest BCUT2D eigenvalue weighted by Gasteiger charge is 2.39. The number of halogens is 1. The van der Waals surface area contributed by atoms with Crippen molar-refractivity contribution < 1.29 is 9.63 Å². The van der Waals surface area contributed by atoms with Crippen molar-refractivity contribution in [3.63, 3.8) is 0 Å². The van der Waals surface area contributed by atoms with Gasteiger partial charge in [0.1, 0.15) is 0 Å². The molecule has 15 heavy (non-hydrogen) atoms. The molecule has 0 unspecified atom stereocenters. The molecule has 0 aromatic rings. The quantitative estimate of drug-likeness (QED) is 0.737. The Hall–Kier alpha value is -0.320. The maximum Gasteiger partial charge on any atom is 0.265 e. The van der Waals surface area contributed by atoms with Gasteiger partial charge in [-0.25, -0.2) is 5.06 Å². The van der Waals surface area contributed by atoms with E-state index in [4.69, 9.17) is 10.6 Å². The van der Waals surface area contributed by atoms with E-state index in [-0.39, 0.29) is 18.3 Å². The van der Waals surface area contributed by atoms with Gasteiger partial charge >= 0.3 is 0 Å². The average Bonchev–Trinajstić information content (AvgIpc) is 2.20. The van der Waals surface area contributed by atoms with Crippen molar-refractivity contribution in [1.29, 1.82) is 0 Å². The molecule has 2 N–H and O–H groups in total. The van der Waals surface area contributed by atoms with E-state index in [0.29, 0.717) is 5.92 Å². The summed E-state index contributed by atoms with van der Waals surface area (Å²) in [6.45, 7) is 2.20. The summed E-state index contributed by atoms with van der Waals surface area (Å²) in [5, 5.41) is 1.23. The third-order valence-corrected chi connectivity index (χ3v) is 3.15. The van der Waals surface area contributed by atoms with Crippen LogP contribution < -0.4 is 5.73 Å². The fraction of sp³-hybridized carbons (Fsp3) is 0.900. The molecule has 5 heteroatoms. The Balaban J connectivity index is 0.00000196. The number of rotatable bonds is 2. The Morgan fingerprint density at radius 3 is 2.33 bits per heavy atom. The number of hydroxylamine groups is 2. The van der Waals surface area contributed by atoms with Gasteiger partial charge in [0.15, 0.2) is 0 Å². The SMILES string of the molecule is CON(C)C(=O)C1(N)CCC(C)CC1.Cl. The smallest absolute Gasteiger partial charge is 0.265 e. The number of hydrogen-bond donors (Lipinski definition) is 1. The lowest BCUT2D eigenvalue weighted by molar-refractivity contribution is -0.176. The van der Waals surface area contributed by atoms with Crippen LogP contribution in [0.5, 0.6) is 0 Å². The summed E-state index contributed by atoms with van der Waals surface area (Å²) in [5.74, 6) is 0.583. The van der Waals surface area contributed by atoms with Crippen molar-refractivity contribution in [3.8, 4) is 0 Å². The van der Waals surface area contributed by atoms with E-state index in [0.717, 1.165) is 25.7 Å². The highest BCUT2D eigenvalue weighted by molar-refractivity contribution is 5.85. The molecule has 0 atom stereocenters. The van der Waals surface area contributed by atoms with Crippen LogP contribution in [0.3, 0.4) is 0 Å². The molecule has 4 nitrogen and oxygen atoms in total. The second-order valence-corrected chi connectivity index (χ2v) is 4.32. The van der Waals surface area contributed by atoms with Crippen LogP contribution in [-0.4, -0.2) is 30.7 Å². The second kappa shape index (κ2) is 5.68. The van der Waals surface area contributed by atoms with Crippen LogP contribution in [0.25, 0.3) is 0 Å². The van der Waals surface area contributed by atoms with Crippen LogP contribution in [-0.2, 0) is 9.63 Å². The van der Waals surface area contributed by atoms with Crippen LogP contribution in [0.4, 0.5) is 0 Å². The van der Waals surface area contributed by atoms with Gasteiger partial charge in [-0.3, -0.25) is 9.63 Å². The molecule has 0 aromatic carbocycles. The van der Waals surface area contributed by atoms with Crippen LogP contribution >= 0.6 is 12.4 Å². The van der Waals surface area contributed by atoms with Crippen LogP contribution in [0, 0.1) is 5.92 Å². The molecule has 1 rings (SSSR count). The number of likely N-dealkylation sites (N-methyl/N-ethyl adjacent to an activating group) is 1. The van der Waals surface area contributed by atoms with E-state index in [1.807, 2.05) is 0 Å². The minimum absolute atomic E-state index is 0. The zero-order valence-corrected chi connectivity index (χ0v) is 10.5. The largest absolute Gasteiger partial charge is 0.317 e.